The maximum atomic E-state index is 12.7. The molecule has 1 aliphatic carbocycles. The van der Waals surface area contributed by atoms with Gasteiger partial charge in [-0.2, -0.15) is 0 Å². The highest BCUT2D eigenvalue weighted by Crippen LogP contribution is 2.50. The number of nitrogens with zero attached hydrogens (tertiary/aromatic N) is 1. The Labute approximate surface area is 148 Å². The summed E-state index contributed by atoms with van der Waals surface area (Å²) in [5.41, 5.74) is 8.42. The van der Waals surface area contributed by atoms with Crippen molar-refractivity contribution in [1.29, 1.82) is 0 Å². The van der Waals surface area contributed by atoms with E-state index < -0.39 is 0 Å². The molecule has 0 fully saturated rings. The number of benzene rings is 2. The van der Waals surface area contributed by atoms with Gasteiger partial charge in [-0.15, -0.1) is 6.58 Å². The Morgan fingerprint density at radius 1 is 1.12 bits per heavy atom. The summed E-state index contributed by atoms with van der Waals surface area (Å²) in [7, 11) is 0. The first-order valence-corrected chi connectivity index (χ1v) is 8.78. The lowest BCUT2D eigenvalue weighted by Gasteiger charge is -2.21. The molecule has 1 aromatic heterocycles. The van der Waals surface area contributed by atoms with Crippen molar-refractivity contribution in [2.75, 3.05) is 0 Å². The van der Waals surface area contributed by atoms with Gasteiger partial charge in [0.15, 0.2) is 0 Å². The highest BCUT2D eigenvalue weighted by molar-refractivity contribution is 6.00. The molecule has 25 heavy (non-hydrogen) atoms. The Kier molecular flexibility index (Phi) is 3.30. The van der Waals surface area contributed by atoms with Crippen molar-refractivity contribution in [3.8, 4) is 11.1 Å². The van der Waals surface area contributed by atoms with Crippen LogP contribution in [0, 0.1) is 13.8 Å². The fourth-order valence-electron chi connectivity index (χ4n) is 4.30. The zero-order chi connectivity index (χ0) is 17.9. The minimum Gasteiger partial charge on any atom is -0.284 e. The standard InChI is InChI=1S/C23H23NO/c1-6-9-22(25)24-15(3)14(2)17-12-18-16-10-7-8-11-19(16)23(4,5)20(18)13-21(17)24/h6-8,10-13H,1,9H2,2-5H3. The van der Waals surface area contributed by atoms with Gasteiger partial charge in [-0.3, -0.25) is 9.36 Å². The molecule has 0 saturated heterocycles. The predicted molar refractivity (Wildman–Crippen MR) is 104 cm³/mol. The van der Waals surface area contributed by atoms with Gasteiger partial charge in [0.1, 0.15) is 0 Å². The first-order valence-electron chi connectivity index (χ1n) is 8.78. The van der Waals surface area contributed by atoms with Crippen LogP contribution in [0.2, 0.25) is 0 Å². The number of allylic oxidation sites excluding steroid dienone is 1. The van der Waals surface area contributed by atoms with Gasteiger partial charge in [0.2, 0.25) is 5.91 Å². The fourth-order valence-corrected chi connectivity index (χ4v) is 4.30. The highest BCUT2D eigenvalue weighted by Gasteiger charge is 2.36. The van der Waals surface area contributed by atoms with Crippen molar-refractivity contribution in [3.05, 3.63) is 71.4 Å². The van der Waals surface area contributed by atoms with Crippen LogP contribution in [0.1, 0.15) is 47.4 Å². The number of carbonyl (C=O) groups excluding carboxylic acids is 1. The maximum absolute atomic E-state index is 12.7. The monoisotopic (exact) mass is 329 g/mol. The number of hydrogen-bond acceptors (Lipinski definition) is 1. The molecule has 2 aromatic carbocycles. The molecule has 1 heterocycles. The van der Waals surface area contributed by atoms with Gasteiger partial charge in [-0.1, -0.05) is 44.2 Å². The molecule has 0 radical (unpaired) electrons. The van der Waals surface area contributed by atoms with E-state index in [1.807, 2.05) is 11.5 Å². The maximum Gasteiger partial charge on any atom is 0.235 e. The van der Waals surface area contributed by atoms with E-state index in [1.165, 1.54) is 33.2 Å². The summed E-state index contributed by atoms with van der Waals surface area (Å²) < 4.78 is 1.87. The molecule has 0 saturated carbocycles. The van der Waals surface area contributed by atoms with Crippen molar-refractivity contribution >= 4 is 16.8 Å². The third-order valence-corrected chi connectivity index (χ3v) is 5.79. The molecule has 0 atom stereocenters. The van der Waals surface area contributed by atoms with Crippen LogP contribution >= 0.6 is 0 Å². The molecule has 4 rings (SSSR count). The van der Waals surface area contributed by atoms with Gasteiger partial charge < -0.3 is 0 Å². The number of aryl methyl sites for hydroxylation is 1. The van der Waals surface area contributed by atoms with Crippen molar-refractivity contribution in [2.45, 2.75) is 39.5 Å². The lowest BCUT2D eigenvalue weighted by Crippen LogP contribution is -2.15. The molecule has 0 unspecified atom stereocenters. The Hall–Kier alpha value is -2.61. The average Bonchev–Trinajstić information content (AvgIpc) is 2.97. The summed E-state index contributed by atoms with van der Waals surface area (Å²) >= 11 is 0. The Morgan fingerprint density at radius 2 is 1.84 bits per heavy atom. The van der Waals surface area contributed by atoms with Crippen LogP contribution in [0.4, 0.5) is 0 Å². The summed E-state index contributed by atoms with van der Waals surface area (Å²) in [5, 5.41) is 1.17. The average molecular weight is 329 g/mol. The fraction of sp³-hybridized carbons (Fsp3) is 0.261. The third-order valence-electron chi connectivity index (χ3n) is 5.79. The summed E-state index contributed by atoms with van der Waals surface area (Å²) in [6.07, 6.45) is 2.03. The smallest absolute Gasteiger partial charge is 0.235 e. The van der Waals surface area contributed by atoms with Crippen LogP contribution in [0.15, 0.2) is 49.1 Å². The van der Waals surface area contributed by atoms with Crippen LogP contribution in [0.3, 0.4) is 0 Å². The molecule has 2 nitrogen and oxygen atoms in total. The summed E-state index contributed by atoms with van der Waals surface area (Å²) in [4.78, 5) is 12.7. The molecule has 0 N–H and O–H groups in total. The van der Waals surface area contributed by atoms with E-state index in [9.17, 15) is 4.79 Å². The van der Waals surface area contributed by atoms with Crippen molar-refractivity contribution in [2.24, 2.45) is 0 Å². The SMILES string of the molecule is C=CCC(=O)n1c(C)c(C)c2cc3c(cc21)C(C)(C)c1ccccc1-3. The molecule has 3 aromatic rings. The molecular weight excluding hydrogens is 306 g/mol. The van der Waals surface area contributed by atoms with Crippen LogP contribution < -0.4 is 0 Å². The van der Waals surface area contributed by atoms with E-state index in [-0.39, 0.29) is 11.3 Å². The van der Waals surface area contributed by atoms with E-state index >= 15 is 0 Å². The van der Waals surface area contributed by atoms with Gasteiger partial charge in [-0.05, 0) is 53.8 Å². The second-order valence-corrected chi connectivity index (χ2v) is 7.52. The van der Waals surface area contributed by atoms with Gasteiger partial charge >= 0.3 is 0 Å². The molecule has 126 valence electrons. The van der Waals surface area contributed by atoms with Gasteiger partial charge in [0.25, 0.3) is 0 Å². The number of aromatic nitrogens is 1. The summed E-state index contributed by atoms with van der Waals surface area (Å²) in [6, 6.07) is 13.1. The first kappa shape index (κ1) is 15.9. The van der Waals surface area contributed by atoms with Crippen LogP contribution in [-0.4, -0.2) is 10.5 Å². The molecule has 0 bridgehead atoms. The van der Waals surface area contributed by atoms with E-state index in [1.54, 1.807) is 6.08 Å². The summed E-state index contributed by atoms with van der Waals surface area (Å²) in [6.45, 7) is 12.4. The van der Waals surface area contributed by atoms with E-state index in [0.29, 0.717) is 6.42 Å². The molecule has 1 aliphatic rings. The molecule has 0 spiro atoms. The van der Waals surface area contributed by atoms with Crippen LogP contribution in [0.5, 0.6) is 0 Å². The van der Waals surface area contributed by atoms with Crippen molar-refractivity contribution in [3.63, 3.8) is 0 Å². The zero-order valence-corrected chi connectivity index (χ0v) is 15.3. The highest BCUT2D eigenvalue weighted by atomic mass is 16.2. The normalized spacial score (nSPS) is 14.4. The first-order chi connectivity index (χ1) is 11.9. The zero-order valence-electron chi connectivity index (χ0n) is 15.3. The van der Waals surface area contributed by atoms with E-state index in [2.05, 4.69) is 63.7 Å². The minimum absolute atomic E-state index is 0.0570. The number of hydrogen-bond donors (Lipinski definition) is 0. The van der Waals surface area contributed by atoms with Crippen LogP contribution in [-0.2, 0) is 5.41 Å². The van der Waals surface area contributed by atoms with Gasteiger partial charge in [0, 0.05) is 22.9 Å². The second kappa shape index (κ2) is 5.19. The Morgan fingerprint density at radius 3 is 2.56 bits per heavy atom. The van der Waals surface area contributed by atoms with Crippen LogP contribution in [0.25, 0.3) is 22.0 Å². The largest absolute Gasteiger partial charge is 0.284 e. The van der Waals surface area contributed by atoms with Crippen molar-refractivity contribution in [1.82, 2.24) is 4.57 Å². The van der Waals surface area contributed by atoms with E-state index in [0.717, 1.165) is 11.2 Å². The minimum atomic E-state index is -0.0570. The van der Waals surface area contributed by atoms with Gasteiger partial charge in [-0.25, -0.2) is 0 Å². The van der Waals surface area contributed by atoms with Crippen molar-refractivity contribution < 1.29 is 4.79 Å². The summed E-state index contributed by atoms with van der Waals surface area (Å²) in [5.74, 6) is 0.0823. The van der Waals surface area contributed by atoms with Gasteiger partial charge in [0.05, 0.1) is 5.52 Å². The lowest BCUT2D eigenvalue weighted by atomic mass is 9.82. The Bertz CT molecular complexity index is 1050. The number of rotatable bonds is 2. The lowest BCUT2D eigenvalue weighted by molar-refractivity contribution is 0.0920. The predicted octanol–water partition coefficient (Wildman–Crippen LogP) is 5.78. The second-order valence-electron chi connectivity index (χ2n) is 7.52. The number of carbonyl (C=O) groups is 1. The Balaban J connectivity index is 2.08. The quantitative estimate of drug-likeness (QED) is 0.546. The molecular formula is C23H23NO. The number of fused-ring (bicyclic) bond motifs is 4. The van der Waals surface area contributed by atoms with E-state index in [4.69, 9.17) is 0 Å². The molecule has 0 amide bonds. The topological polar surface area (TPSA) is 22.0 Å². The molecule has 0 aliphatic heterocycles. The molecule has 2 heteroatoms. The third kappa shape index (κ3) is 2.00.